The van der Waals surface area contributed by atoms with Gasteiger partial charge in [0.1, 0.15) is 0 Å². The third kappa shape index (κ3) is 2.87. The number of hydrogen-bond acceptors (Lipinski definition) is 4. The average Bonchev–Trinajstić information content (AvgIpc) is 2.38. The Morgan fingerprint density at radius 3 is 2.71 bits per heavy atom. The summed E-state index contributed by atoms with van der Waals surface area (Å²) in [5, 5.41) is 0. The predicted octanol–water partition coefficient (Wildman–Crippen LogP) is 1.53. The van der Waals surface area contributed by atoms with Gasteiger partial charge in [0.15, 0.2) is 0 Å². The molecule has 2 aromatic heterocycles. The Labute approximate surface area is 101 Å². The van der Waals surface area contributed by atoms with Crippen LogP contribution in [0.2, 0.25) is 0 Å². The number of nitrogens with two attached hydrogens (primary N) is 1. The average molecular weight is 228 g/mol. The monoisotopic (exact) mass is 228 g/mol. The van der Waals surface area contributed by atoms with Crippen LogP contribution in [0.5, 0.6) is 0 Å². The lowest BCUT2D eigenvalue weighted by molar-refractivity contribution is 0.548. The van der Waals surface area contributed by atoms with E-state index in [1.165, 1.54) is 5.56 Å². The fraction of sp³-hybridized carbons (Fsp3) is 0.231. The quantitative estimate of drug-likeness (QED) is 0.615. The Kier molecular flexibility index (Phi) is 3.80. The number of aryl methyl sites for hydroxylation is 1. The molecule has 0 saturated carbocycles. The van der Waals surface area contributed by atoms with Gasteiger partial charge in [-0.2, -0.15) is 0 Å². The lowest BCUT2D eigenvalue weighted by atomic mass is 9.98. The first-order chi connectivity index (χ1) is 8.31. The molecular weight excluding hydrogens is 212 g/mol. The summed E-state index contributed by atoms with van der Waals surface area (Å²) in [5.74, 6) is 5.63. The van der Waals surface area contributed by atoms with Crippen LogP contribution < -0.4 is 11.3 Å². The zero-order valence-electron chi connectivity index (χ0n) is 9.80. The van der Waals surface area contributed by atoms with E-state index in [0.29, 0.717) is 0 Å². The van der Waals surface area contributed by atoms with E-state index < -0.39 is 0 Å². The molecule has 0 aromatic carbocycles. The van der Waals surface area contributed by atoms with Crippen molar-refractivity contribution in [2.75, 3.05) is 0 Å². The molecule has 4 heteroatoms. The second kappa shape index (κ2) is 5.52. The van der Waals surface area contributed by atoms with Gasteiger partial charge in [0.2, 0.25) is 0 Å². The first-order valence-electron chi connectivity index (χ1n) is 5.57. The molecule has 2 aromatic rings. The van der Waals surface area contributed by atoms with Gasteiger partial charge in [0, 0.05) is 24.8 Å². The van der Waals surface area contributed by atoms with E-state index in [1.54, 1.807) is 12.4 Å². The maximum Gasteiger partial charge on any atom is 0.0504 e. The first kappa shape index (κ1) is 11.7. The topological polar surface area (TPSA) is 63.8 Å². The summed E-state index contributed by atoms with van der Waals surface area (Å²) in [6, 6.07) is 6.06. The molecule has 0 radical (unpaired) electrons. The van der Waals surface area contributed by atoms with E-state index in [4.69, 9.17) is 5.84 Å². The molecule has 0 fully saturated rings. The highest BCUT2D eigenvalue weighted by atomic mass is 15.2. The molecule has 1 atom stereocenters. The van der Waals surface area contributed by atoms with Crippen molar-refractivity contribution in [2.45, 2.75) is 19.4 Å². The summed E-state index contributed by atoms with van der Waals surface area (Å²) < 4.78 is 0. The SMILES string of the molecule is Cc1cnccc1C(Cc1cccnc1)NN. The molecule has 0 spiro atoms. The molecule has 0 bridgehead atoms. The van der Waals surface area contributed by atoms with Crippen LogP contribution in [0.4, 0.5) is 0 Å². The third-order valence-corrected chi connectivity index (χ3v) is 2.80. The van der Waals surface area contributed by atoms with Gasteiger partial charge in [-0.15, -0.1) is 0 Å². The largest absolute Gasteiger partial charge is 0.271 e. The molecule has 0 aliphatic rings. The van der Waals surface area contributed by atoms with Gasteiger partial charge in [0.25, 0.3) is 0 Å². The van der Waals surface area contributed by atoms with E-state index in [2.05, 4.69) is 15.4 Å². The van der Waals surface area contributed by atoms with Crippen LogP contribution in [0.15, 0.2) is 43.0 Å². The van der Waals surface area contributed by atoms with Gasteiger partial charge in [-0.05, 0) is 42.2 Å². The Hall–Kier alpha value is -1.78. The third-order valence-electron chi connectivity index (χ3n) is 2.80. The van der Waals surface area contributed by atoms with E-state index in [9.17, 15) is 0 Å². The number of hydrazine groups is 1. The molecule has 0 saturated heterocycles. The van der Waals surface area contributed by atoms with Crippen molar-refractivity contribution in [2.24, 2.45) is 5.84 Å². The smallest absolute Gasteiger partial charge is 0.0504 e. The van der Waals surface area contributed by atoms with Gasteiger partial charge in [-0.3, -0.25) is 21.2 Å². The van der Waals surface area contributed by atoms with Crippen molar-refractivity contribution in [1.29, 1.82) is 0 Å². The second-order valence-corrected chi connectivity index (χ2v) is 4.02. The summed E-state index contributed by atoms with van der Waals surface area (Å²) in [6.45, 7) is 2.04. The number of rotatable bonds is 4. The van der Waals surface area contributed by atoms with Crippen LogP contribution in [-0.2, 0) is 6.42 Å². The van der Waals surface area contributed by atoms with Crippen LogP contribution in [-0.4, -0.2) is 9.97 Å². The first-order valence-corrected chi connectivity index (χ1v) is 5.57. The van der Waals surface area contributed by atoms with Gasteiger partial charge in [0.05, 0.1) is 6.04 Å². The van der Waals surface area contributed by atoms with Gasteiger partial charge >= 0.3 is 0 Å². The summed E-state index contributed by atoms with van der Waals surface area (Å²) in [5.41, 5.74) is 6.32. The summed E-state index contributed by atoms with van der Waals surface area (Å²) in [7, 11) is 0. The molecule has 4 nitrogen and oxygen atoms in total. The Balaban J connectivity index is 2.21. The maximum absolute atomic E-state index is 5.63. The van der Waals surface area contributed by atoms with Gasteiger partial charge < -0.3 is 0 Å². The summed E-state index contributed by atoms with van der Waals surface area (Å²) in [4.78, 5) is 8.19. The van der Waals surface area contributed by atoms with Crippen LogP contribution in [0.3, 0.4) is 0 Å². The van der Waals surface area contributed by atoms with Crippen molar-refractivity contribution in [3.63, 3.8) is 0 Å². The molecule has 2 heterocycles. The number of aromatic nitrogens is 2. The molecule has 88 valence electrons. The number of pyridine rings is 2. The predicted molar refractivity (Wildman–Crippen MR) is 67.0 cm³/mol. The van der Waals surface area contributed by atoms with E-state index in [-0.39, 0.29) is 6.04 Å². The van der Waals surface area contributed by atoms with E-state index in [1.807, 2.05) is 37.5 Å². The molecule has 0 aliphatic heterocycles. The van der Waals surface area contributed by atoms with Crippen molar-refractivity contribution < 1.29 is 0 Å². The zero-order chi connectivity index (χ0) is 12.1. The van der Waals surface area contributed by atoms with E-state index in [0.717, 1.165) is 17.5 Å². The molecule has 0 amide bonds. The van der Waals surface area contributed by atoms with Crippen LogP contribution in [0.25, 0.3) is 0 Å². The lowest BCUT2D eigenvalue weighted by Gasteiger charge is -2.18. The standard InChI is InChI=1S/C13H16N4/c1-10-8-16-6-4-12(10)13(17-14)7-11-3-2-5-15-9-11/h2-6,8-9,13,17H,7,14H2,1H3. The van der Waals surface area contributed by atoms with Gasteiger partial charge in [-0.25, -0.2) is 0 Å². The minimum atomic E-state index is 0.0854. The number of nitrogens with one attached hydrogen (secondary N) is 1. The Morgan fingerprint density at radius 1 is 1.24 bits per heavy atom. The number of hydrogen-bond donors (Lipinski definition) is 2. The lowest BCUT2D eigenvalue weighted by Crippen LogP contribution is -2.30. The highest BCUT2D eigenvalue weighted by Crippen LogP contribution is 2.19. The fourth-order valence-electron chi connectivity index (χ4n) is 1.89. The van der Waals surface area contributed by atoms with Crippen molar-refractivity contribution in [3.05, 3.63) is 59.7 Å². The highest BCUT2D eigenvalue weighted by Gasteiger charge is 2.12. The van der Waals surface area contributed by atoms with Crippen LogP contribution >= 0.6 is 0 Å². The normalized spacial score (nSPS) is 12.4. The van der Waals surface area contributed by atoms with Crippen molar-refractivity contribution >= 4 is 0 Å². The Morgan fingerprint density at radius 2 is 2.06 bits per heavy atom. The molecule has 3 N–H and O–H groups in total. The van der Waals surface area contributed by atoms with Crippen molar-refractivity contribution in [3.8, 4) is 0 Å². The summed E-state index contributed by atoms with van der Waals surface area (Å²) in [6.07, 6.45) is 8.08. The molecule has 1 unspecified atom stereocenters. The summed E-state index contributed by atoms with van der Waals surface area (Å²) >= 11 is 0. The minimum absolute atomic E-state index is 0.0854. The Bertz CT molecular complexity index is 470. The zero-order valence-corrected chi connectivity index (χ0v) is 9.80. The van der Waals surface area contributed by atoms with E-state index >= 15 is 0 Å². The fourth-order valence-corrected chi connectivity index (χ4v) is 1.89. The molecular formula is C13H16N4. The van der Waals surface area contributed by atoms with Gasteiger partial charge in [-0.1, -0.05) is 6.07 Å². The second-order valence-electron chi connectivity index (χ2n) is 4.02. The van der Waals surface area contributed by atoms with Crippen LogP contribution in [0, 0.1) is 6.92 Å². The maximum atomic E-state index is 5.63. The molecule has 0 aliphatic carbocycles. The highest BCUT2D eigenvalue weighted by molar-refractivity contribution is 5.27. The van der Waals surface area contributed by atoms with Crippen LogP contribution in [0.1, 0.15) is 22.7 Å². The number of nitrogens with zero attached hydrogens (tertiary/aromatic N) is 2. The molecule has 2 rings (SSSR count). The minimum Gasteiger partial charge on any atom is -0.271 e. The van der Waals surface area contributed by atoms with Crippen molar-refractivity contribution in [1.82, 2.24) is 15.4 Å². The molecule has 17 heavy (non-hydrogen) atoms.